The van der Waals surface area contributed by atoms with Crippen LogP contribution < -0.4 is 5.32 Å². The second-order valence-corrected chi connectivity index (χ2v) is 7.09. The van der Waals surface area contributed by atoms with Gasteiger partial charge < -0.3 is 10.2 Å². The predicted octanol–water partition coefficient (Wildman–Crippen LogP) is 2.77. The average Bonchev–Trinajstić information content (AvgIpc) is 3.18. The summed E-state index contributed by atoms with van der Waals surface area (Å²) in [4.78, 5) is 27.2. The van der Waals surface area contributed by atoms with E-state index in [1.54, 1.807) is 41.7 Å². The van der Waals surface area contributed by atoms with Crippen molar-refractivity contribution in [2.24, 2.45) is 7.05 Å². The number of hydrogen-bond acceptors (Lipinski definition) is 6. The number of carbonyl (C=O) groups is 1. The van der Waals surface area contributed by atoms with Gasteiger partial charge in [0.05, 0.1) is 12.4 Å². The molecule has 1 aliphatic heterocycles. The van der Waals surface area contributed by atoms with Crippen LogP contribution in [0.2, 0.25) is 0 Å². The summed E-state index contributed by atoms with van der Waals surface area (Å²) in [5.74, 6) is 1.69. The van der Waals surface area contributed by atoms with Gasteiger partial charge in [-0.2, -0.15) is 5.10 Å². The van der Waals surface area contributed by atoms with Crippen molar-refractivity contribution in [3.05, 3.63) is 66.5 Å². The maximum atomic E-state index is 12.6. The van der Waals surface area contributed by atoms with Gasteiger partial charge in [-0.15, -0.1) is 0 Å². The lowest BCUT2D eigenvalue weighted by molar-refractivity contribution is -0.127. The Hall–Kier alpha value is -3.55. The van der Waals surface area contributed by atoms with E-state index in [0.29, 0.717) is 12.4 Å². The van der Waals surface area contributed by atoms with Gasteiger partial charge in [-0.05, 0) is 36.6 Å². The van der Waals surface area contributed by atoms with Crippen molar-refractivity contribution in [2.45, 2.75) is 18.8 Å². The molecule has 8 heteroatoms. The van der Waals surface area contributed by atoms with E-state index >= 15 is 0 Å². The molecule has 0 spiro atoms. The lowest BCUT2D eigenvalue weighted by atomic mass is 9.91. The van der Waals surface area contributed by atoms with Gasteiger partial charge in [0.2, 0.25) is 5.91 Å². The summed E-state index contributed by atoms with van der Waals surface area (Å²) in [6.45, 7) is 1.48. The van der Waals surface area contributed by atoms with Gasteiger partial charge in [-0.25, -0.2) is 9.97 Å². The summed E-state index contributed by atoms with van der Waals surface area (Å²) < 4.78 is 1.72. The molecule has 1 atom stereocenters. The Morgan fingerprint density at radius 1 is 1.21 bits per heavy atom. The average molecular weight is 389 g/mol. The molecule has 3 aromatic rings. The van der Waals surface area contributed by atoms with Crippen LogP contribution in [-0.2, 0) is 11.8 Å². The van der Waals surface area contributed by atoms with Crippen LogP contribution in [0.1, 0.15) is 29.9 Å². The summed E-state index contributed by atoms with van der Waals surface area (Å²) in [5.41, 5.74) is 2.09. The number of rotatable bonds is 5. The minimum atomic E-state index is 0.0329. The molecule has 0 aromatic carbocycles. The highest BCUT2D eigenvalue weighted by molar-refractivity contribution is 5.91. The monoisotopic (exact) mass is 389 g/mol. The number of aromatic nitrogens is 5. The second-order valence-electron chi connectivity index (χ2n) is 7.09. The highest BCUT2D eigenvalue weighted by Crippen LogP contribution is 2.28. The molecule has 1 unspecified atom stereocenters. The number of nitrogens with zero attached hydrogens (tertiary/aromatic N) is 6. The van der Waals surface area contributed by atoms with Gasteiger partial charge in [-0.1, -0.05) is 0 Å². The van der Waals surface area contributed by atoms with Crippen molar-refractivity contribution in [3.63, 3.8) is 0 Å². The number of aryl methyl sites for hydroxylation is 1. The number of hydrogen-bond donors (Lipinski definition) is 1. The van der Waals surface area contributed by atoms with Crippen molar-refractivity contribution < 1.29 is 4.79 Å². The molecule has 0 aliphatic carbocycles. The van der Waals surface area contributed by atoms with E-state index in [0.717, 1.165) is 30.8 Å². The summed E-state index contributed by atoms with van der Waals surface area (Å²) in [6.07, 6.45) is 15.8. The third-order valence-electron chi connectivity index (χ3n) is 4.95. The molecule has 4 heterocycles. The molecule has 1 fully saturated rings. The molecule has 1 aliphatic rings. The molecular weight excluding hydrogens is 366 g/mol. The van der Waals surface area contributed by atoms with Gasteiger partial charge in [0.25, 0.3) is 0 Å². The zero-order valence-corrected chi connectivity index (χ0v) is 16.3. The number of amides is 1. The minimum absolute atomic E-state index is 0.0329. The molecule has 148 valence electrons. The number of pyridine rings is 1. The SMILES string of the molecule is Cn1cc(C=CC(=O)N2CCCC(c3ccnc(Nc4cnccn4)c3)C2)cn1. The van der Waals surface area contributed by atoms with Gasteiger partial charge in [0.15, 0.2) is 0 Å². The zero-order valence-electron chi connectivity index (χ0n) is 16.3. The van der Waals surface area contributed by atoms with Gasteiger partial charge in [0.1, 0.15) is 11.6 Å². The van der Waals surface area contributed by atoms with E-state index in [9.17, 15) is 4.79 Å². The zero-order chi connectivity index (χ0) is 20.1. The largest absolute Gasteiger partial charge is 0.339 e. The normalized spacial score (nSPS) is 16.9. The van der Waals surface area contributed by atoms with E-state index in [1.807, 2.05) is 36.4 Å². The Labute approximate surface area is 169 Å². The Kier molecular flexibility index (Phi) is 5.60. The third kappa shape index (κ3) is 4.84. The maximum Gasteiger partial charge on any atom is 0.246 e. The van der Waals surface area contributed by atoms with Crippen molar-refractivity contribution in [2.75, 3.05) is 18.4 Å². The molecule has 8 nitrogen and oxygen atoms in total. The Morgan fingerprint density at radius 2 is 2.10 bits per heavy atom. The van der Waals surface area contributed by atoms with Gasteiger partial charge in [-0.3, -0.25) is 14.5 Å². The Bertz CT molecular complexity index is 999. The smallest absolute Gasteiger partial charge is 0.246 e. The van der Waals surface area contributed by atoms with Crippen LogP contribution in [0.5, 0.6) is 0 Å². The van der Waals surface area contributed by atoms with E-state index < -0.39 is 0 Å². The van der Waals surface area contributed by atoms with E-state index in [2.05, 4.69) is 25.4 Å². The van der Waals surface area contributed by atoms with Crippen molar-refractivity contribution in [1.82, 2.24) is 29.6 Å². The van der Waals surface area contributed by atoms with Crippen LogP contribution >= 0.6 is 0 Å². The molecule has 0 radical (unpaired) electrons. The summed E-state index contributed by atoms with van der Waals surface area (Å²) in [5, 5.41) is 7.29. The van der Waals surface area contributed by atoms with E-state index in [-0.39, 0.29) is 11.8 Å². The lowest BCUT2D eigenvalue weighted by Gasteiger charge is -2.32. The Balaban J connectivity index is 1.42. The van der Waals surface area contributed by atoms with E-state index in [1.165, 1.54) is 5.56 Å². The molecule has 1 N–H and O–H groups in total. The lowest BCUT2D eigenvalue weighted by Crippen LogP contribution is -2.38. The van der Waals surface area contributed by atoms with E-state index in [4.69, 9.17) is 0 Å². The number of anilines is 2. The highest BCUT2D eigenvalue weighted by Gasteiger charge is 2.24. The van der Waals surface area contributed by atoms with Crippen molar-refractivity contribution >= 4 is 23.6 Å². The first kappa shape index (κ1) is 18.8. The van der Waals surface area contributed by atoms with Gasteiger partial charge in [0, 0.05) is 62.5 Å². The number of carbonyl (C=O) groups excluding carboxylic acids is 1. The van der Waals surface area contributed by atoms with Crippen LogP contribution in [0.15, 0.2) is 55.4 Å². The molecular formula is C21H23N7O. The van der Waals surface area contributed by atoms with Crippen LogP contribution in [0, 0.1) is 0 Å². The number of nitrogens with one attached hydrogen (secondary N) is 1. The first-order valence-electron chi connectivity index (χ1n) is 9.62. The molecule has 29 heavy (non-hydrogen) atoms. The summed E-state index contributed by atoms with van der Waals surface area (Å²) in [7, 11) is 1.86. The minimum Gasteiger partial charge on any atom is -0.339 e. The van der Waals surface area contributed by atoms with Gasteiger partial charge >= 0.3 is 0 Å². The standard InChI is InChI=1S/C21H23N7O/c1-27-14-16(12-25-27)4-5-21(29)28-10-2-3-18(15-28)17-6-7-23-19(11-17)26-20-13-22-8-9-24-20/h4-9,11-14,18H,2-3,10,15H2,1H3,(H,23,24,26). The number of likely N-dealkylation sites (tertiary alicyclic amines) is 1. The topological polar surface area (TPSA) is 88.8 Å². The highest BCUT2D eigenvalue weighted by atomic mass is 16.2. The fourth-order valence-electron chi connectivity index (χ4n) is 3.51. The molecule has 1 saturated heterocycles. The molecule has 1 amide bonds. The summed E-state index contributed by atoms with van der Waals surface area (Å²) >= 11 is 0. The fourth-order valence-corrected chi connectivity index (χ4v) is 3.51. The number of piperidine rings is 1. The first-order chi connectivity index (χ1) is 14.2. The molecule has 0 saturated carbocycles. The summed E-state index contributed by atoms with van der Waals surface area (Å²) in [6, 6.07) is 4.05. The van der Waals surface area contributed by atoms with Crippen LogP contribution in [0.3, 0.4) is 0 Å². The quantitative estimate of drug-likeness (QED) is 0.675. The van der Waals surface area contributed by atoms with Crippen LogP contribution in [-0.4, -0.2) is 48.6 Å². The predicted molar refractivity (Wildman–Crippen MR) is 110 cm³/mol. The molecule has 3 aromatic heterocycles. The molecule has 0 bridgehead atoms. The van der Waals surface area contributed by atoms with Crippen molar-refractivity contribution in [1.29, 1.82) is 0 Å². The fraction of sp³-hybridized carbons (Fsp3) is 0.286. The molecule has 4 rings (SSSR count). The maximum absolute atomic E-state index is 12.6. The first-order valence-corrected chi connectivity index (χ1v) is 9.62. The van der Waals surface area contributed by atoms with Crippen LogP contribution in [0.4, 0.5) is 11.6 Å². The van der Waals surface area contributed by atoms with Crippen LogP contribution in [0.25, 0.3) is 6.08 Å². The third-order valence-corrected chi connectivity index (χ3v) is 4.95. The van der Waals surface area contributed by atoms with Crippen molar-refractivity contribution in [3.8, 4) is 0 Å². The Morgan fingerprint density at radius 3 is 2.90 bits per heavy atom. The second kappa shape index (κ2) is 8.64.